The Hall–Kier alpha value is -3.25. The third kappa shape index (κ3) is 4.30. The van der Waals surface area contributed by atoms with Crippen molar-refractivity contribution >= 4 is 11.7 Å². The number of imidazole rings is 1. The van der Waals surface area contributed by atoms with Gasteiger partial charge in [-0.2, -0.15) is 18.3 Å². The van der Waals surface area contributed by atoms with Gasteiger partial charge >= 0.3 is 6.18 Å². The van der Waals surface area contributed by atoms with E-state index in [4.69, 9.17) is 5.41 Å². The topological polar surface area (TPSA) is 101 Å². The molecular weight excluding hydrogens is 447 g/mol. The lowest BCUT2D eigenvalue weighted by Gasteiger charge is -2.40. The van der Waals surface area contributed by atoms with Gasteiger partial charge in [0.25, 0.3) is 0 Å². The van der Waals surface area contributed by atoms with E-state index in [1.165, 1.54) is 6.07 Å². The van der Waals surface area contributed by atoms with Gasteiger partial charge in [-0.25, -0.2) is 15.4 Å². The quantitative estimate of drug-likeness (QED) is 0.229. The summed E-state index contributed by atoms with van der Waals surface area (Å²) in [6, 6.07) is 2.61. The van der Waals surface area contributed by atoms with Gasteiger partial charge in [-0.05, 0) is 19.1 Å². The number of hydrogen-bond acceptors (Lipinski definition) is 6. The van der Waals surface area contributed by atoms with E-state index in [0.717, 1.165) is 49.7 Å². The molecule has 2 fully saturated rings. The molecule has 0 aromatic carbocycles. The molecule has 3 aromatic rings. The number of anilines is 1. The van der Waals surface area contributed by atoms with E-state index < -0.39 is 11.7 Å². The maximum Gasteiger partial charge on any atom is 0.417 e. The summed E-state index contributed by atoms with van der Waals surface area (Å²) < 4.78 is 39.1. The number of aromatic nitrogens is 5. The number of likely N-dealkylation sites (N-methyl/N-ethyl adjacent to an activating group) is 1. The van der Waals surface area contributed by atoms with Gasteiger partial charge in [0.15, 0.2) is 5.82 Å². The highest BCUT2D eigenvalue weighted by Crippen LogP contribution is 2.30. The first kappa shape index (κ1) is 22.5. The van der Waals surface area contributed by atoms with Crippen molar-refractivity contribution in [2.24, 2.45) is 0 Å². The zero-order valence-corrected chi connectivity index (χ0v) is 19.0. The fourth-order valence-corrected chi connectivity index (χ4v) is 4.35. The molecule has 0 radical (unpaired) electrons. The highest BCUT2D eigenvalue weighted by Gasteiger charge is 2.43. The molecule has 12 heteroatoms. The smallest absolute Gasteiger partial charge is 0.351 e. The minimum Gasteiger partial charge on any atom is -0.351 e. The molecule has 2 aliphatic rings. The maximum absolute atomic E-state index is 12.8. The van der Waals surface area contributed by atoms with Gasteiger partial charge in [0.1, 0.15) is 30.3 Å². The fourth-order valence-electron chi connectivity index (χ4n) is 4.35. The fraction of sp³-hybridized carbons (Fsp3) is 0.455. The van der Waals surface area contributed by atoms with Crippen LogP contribution in [0.25, 0.3) is 11.5 Å². The lowest BCUT2D eigenvalue weighted by Crippen LogP contribution is -2.51. The van der Waals surface area contributed by atoms with Crippen LogP contribution in [0.5, 0.6) is 0 Å². The molecule has 0 amide bonds. The van der Waals surface area contributed by atoms with Crippen LogP contribution in [0, 0.1) is 5.41 Å². The first-order chi connectivity index (χ1) is 16.1. The van der Waals surface area contributed by atoms with Crippen LogP contribution in [0.4, 0.5) is 19.0 Å². The molecule has 1 atom stereocenters. The second-order valence-corrected chi connectivity index (χ2v) is 9.29. The van der Waals surface area contributed by atoms with E-state index in [-0.39, 0.29) is 6.04 Å². The number of quaternary nitrogens is 1. The third-order valence-electron chi connectivity index (χ3n) is 6.69. The predicted octanol–water partition coefficient (Wildman–Crippen LogP) is 2.71. The number of nitrogens with one attached hydrogen (secondary N) is 3. The second kappa shape index (κ2) is 8.20. The van der Waals surface area contributed by atoms with Crippen LogP contribution in [0.3, 0.4) is 0 Å². The van der Waals surface area contributed by atoms with Crippen molar-refractivity contribution in [3.05, 3.63) is 47.5 Å². The van der Waals surface area contributed by atoms with E-state index in [1.54, 1.807) is 12.4 Å². The van der Waals surface area contributed by atoms with Crippen LogP contribution in [-0.2, 0) is 12.7 Å². The molecule has 0 unspecified atom stereocenters. The molecule has 0 aliphatic carbocycles. The lowest BCUT2D eigenvalue weighted by molar-refractivity contribution is -0.674. The zero-order valence-electron chi connectivity index (χ0n) is 19.0. The summed E-state index contributed by atoms with van der Waals surface area (Å²) in [5, 5.41) is 15.6. The third-order valence-corrected chi connectivity index (χ3v) is 6.69. The standard InChI is InChI=1S/C22H27F3N9/c1-14-12-32(5-6-33(14)18-4-3-16(10-27-18)22(23,24)25)13-15-9-29-31-19(15)21-28-11-17(30-21)20(26)34(2)7-8-34/h3-4,9-11,14,26H,5-8,12-13H2,1-2H3,(H,28,30)(H,29,31)/q+1/t14-/m1/s1. The van der Waals surface area contributed by atoms with Gasteiger partial charge in [-0.15, -0.1) is 0 Å². The number of alkyl halides is 3. The van der Waals surface area contributed by atoms with Crippen molar-refractivity contribution in [1.82, 2.24) is 30.0 Å². The van der Waals surface area contributed by atoms with E-state index in [9.17, 15) is 13.2 Å². The largest absolute Gasteiger partial charge is 0.417 e. The average molecular weight is 475 g/mol. The van der Waals surface area contributed by atoms with Crippen LogP contribution < -0.4 is 4.90 Å². The molecule has 2 aliphatic heterocycles. The Labute approximate surface area is 194 Å². The number of aromatic amines is 2. The molecule has 2 saturated heterocycles. The maximum atomic E-state index is 12.8. The molecule has 0 spiro atoms. The normalized spacial score (nSPS) is 20.5. The van der Waals surface area contributed by atoms with Gasteiger partial charge in [0.05, 0.1) is 25.0 Å². The van der Waals surface area contributed by atoms with Gasteiger partial charge in [0, 0.05) is 44.0 Å². The average Bonchev–Trinajstić information content (AvgIpc) is 3.18. The van der Waals surface area contributed by atoms with Gasteiger partial charge in [-0.3, -0.25) is 14.5 Å². The van der Waals surface area contributed by atoms with Gasteiger partial charge < -0.3 is 9.88 Å². The zero-order chi connectivity index (χ0) is 24.1. The number of piperazine rings is 1. The Balaban J connectivity index is 1.24. The van der Waals surface area contributed by atoms with E-state index >= 15 is 0 Å². The molecule has 3 N–H and O–H groups in total. The Morgan fingerprint density at radius 2 is 1.97 bits per heavy atom. The van der Waals surface area contributed by atoms with E-state index in [1.807, 2.05) is 18.9 Å². The summed E-state index contributed by atoms with van der Waals surface area (Å²) in [6.45, 7) is 6.77. The molecule has 9 nitrogen and oxygen atoms in total. The number of rotatable bonds is 5. The van der Waals surface area contributed by atoms with Crippen LogP contribution in [-0.4, -0.2) is 86.2 Å². The van der Waals surface area contributed by atoms with Crippen LogP contribution >= 0.6 is 0 Å². The number of amidine groups is 1. The van der Waals surface area contributed by atoms with Crippen LogP contribution in [0.2, 0.25) is 0 Å². The van der Waals surface area contributed by atoms with Crippen molar-refractivity contribution in [3.63, 3.8) is 0 Å². The Morgan fingerprint density at radius 1 is 1.18 bits per heavy atom. The number of H-pyrrole nitrogens is 2. The lowest BCUT2D eigenvalue weighted by atomic mass is 10.1. The Kier molecular flexibility index (Phi) is 5.44. The SMILES string of the molecule is C[C@@H]1CN(Cc2cn[nH]c2-c2ncc(C(=N)[N+]3(C)CC3)[nH]2)CCN1c1ccc(C(F)(F)F)cn1. The van der Waals surface area contributed by atoms with Crippen molar-refractivity contribution in [1.29, 1.82) is 5.41 Å². The Morgan fingerprint density at radius 3 is 2.62 bits per heavy atom. The molecule has 3 aromatic heterocycles. The molecule has 5 heterocycles. The number of halogens is 3. The highest BCUT2D eigenvalue weighted by molar-refractivity contribution is 5.90. The van der Waals surface area contributed by atoms with Crippen LogP contribution in [0.15, 0.2) is 30.7 Å². The summed E-state index contributed by atoms with van der Waals surface area (Å²) in [5.74, 6) is 1.74. The number of pyridine rings is 1. The molecule has 0 saturated carbocycles. The Bertz CT molecular complexity index is 1180. The summed E-state index contributed by atoms with van der Waals surface area (Å²) in [4.78, 5) is 16.1. The van der Waals surface area contributed by atoms with Crippen molar-refractivity contribution in [3.8, 4) is 11.5 Å². The van der Waals surface area contributed by atoms with E-state index in [0.29, 0.717) is 40.7 Å². The molecular formula is C22H27F3N9+. The molecule has 34 heavy (non-hydrogen) atoms. The van der Waals surface area contributed by atoms with Crippen molar-refractivity contribution in [2.75, 3.05) is 44.7 Å². The predicted molar refractivity (Wildman–Crippen MR) is 120 cm³/mol. The summed E-state index contributed by atoms with van der Waals surface area (Å²) in [6.07, 6.45) is -0.00822. The molecule has 5 rings (SSSR count). The van der Waals surface area contributed by atoms with Gasteiger partial charge in [-0.1, -0.05) is 0 Å². The van der Waals surface area contributed by atoms with Gasteiger partial charge in [0.2, 0.25) is 5.84 Å². The number of hydrogen-bond donors (Lipinski definition) is 3. The minimum atomic E-state index is -4.39. The van der Waals surface area contributed by atoms with Crippen molar-refractivity contribution in [2.45, 2.75) is 25.7 Å². The summed E-state index contributed by atoms with van der Waals surface area (Å²) in [7, 11) is 2.03. The van der Waals surface area contributed by atoms with Crippen molar-refractivity contribution < 1.29 is 17.7 Å². The summed E-state index contributed by atoms with van der Waals surface area (Å²) in [5.41, 5.74) is 1.76. The van der Waals surface area contributed by atoms with E-state index in [2.05, 4.69) is 30.0 Å². The van der Waals surface area contributed by atoms with Crippen LogP contribution in [0.1, 0.15) is 23.7 Å². The summed E-state index contributed by atoms with van der Waals surface area (Å²) >= 11 is 0. The molecule has 180 valence electrons. The minimum absolute atomic E-state index is 0.0843. The first-order valence-corrected chi connectivity index (χ1v) is 11.2. The number of nitrogens with zero attached hydrogens (tertiary/aromatic N) is 6. The monoisotopic (exact) mass is 474 g/mol. The molecule has 0 bridgehead atoms. The highest BCUT2D eigenvalue weighted by atomic mass is 19.4. The first-order valence-electron chi connectivity index (χ1n) is 11.2. The second-order valence-electron chi connectivity index (χ2n) is 9.29.